The van der Waals surface area contributed by atoms with Gasteiger partial charge in [0, 0.05) is 20.2 Å². The fourth-order valence-corrected chi connectivity index (χ4v) is 1.24. The van der Waals surface area contributed by atoms with Crippen molar-refractivity contribution in [3.63, 3.8) is 0 Å². The molecule has 6 nitrogen and oxygen atoms in total. The van der Waals surface area contributed by atoms with Crippen LogP contribution in [0.5, 0.6) is 0 Å². The number of aryl methyl sites for hydroxylation is 1. The van der Waals surface area contributed by atoms with Crippen LogP contribution in [0, 0.1) is 6.92 Å². The van der Waals surface area contributed by atoms with Crippen molar-refractivity contribution >= 4 is 5.95 Å². The zero-order chi connectivity index (χ0) is 10.1. The van der Waals surface area contributed by atoms with Gasteiger partial charge >= 0.3 is 0 Å². The second kappa shape index (κ2) is 3.13. The third-order valence-corrected chi connectivity index (χ3v) is 1.96. The number of aromatic nitrogens is 4. The molecule has 0 radical (unpaired) electrons. The van der Waals surface area contributed by atoms with Crippen molar-refractivity contribution in [2.75, 3.05) is 12.4 Å². The Labute approximate surface area is 80.9 Å². The number of nitrogens with one attached hydrogen (secondary N) is 1. The molecule has 0 aromatic carbocycles. The summed E-state index contributed by atoms with van der Waals surface area (Å²) in [6.07, 6.45) is 0. The molecule has 2 aromatic rings. The number of anilines is 1. The third-order valence-electron chi connectivity index (χ3n) is 1.96. The molecule has 0 aliphatic heterocycles. The minimum atomic E-state index is 0.686. The molecule has 0 unspecified atom stereocenters. The van der Waals surface area contributed by atoms with Gasteiger partial charge in [0.1, 0.15) is 5.76 Å². The van der Waals surface area contributed by atoms with Crippen LogP contribution in [-0.4, -0.2) is 27.0 Å². The average Bonchev–Trinajstić information content (AvgIpc) is 2.72. The average molecular weight is 193 g/mol. The number of hydrogen-bond acceptors (Lipinski definition) is 5. The molecular formula is C8H11N5O. The van der Waals surface area contributed by atoms with E-state index < -0.39 is 0 Å². The molecular weight excluding hydrogens is 182 g/mol. The second-order valence-corrected chi connectivity index (χ2v) is 2.98. The van der Waals surface area contributed by atoms with Gasteiger partial charge in [-0.1, -0.05) is 5.16 Å². The molecule has 0 fully saturated rings. The van der Waals surface area contributed by atoms with Gasteiger partial charge in [0.25, 0.3) is 0 Å². The highest BCUT2D eigenvalue weighted by molar-refractivity contribution is 5.51. The molecule has 0 spiro atoms. The van der Waals surface area contributed by atoms with Crippen LogP contribution in [0.3, 0.4) is 0 Å². The largest absolute Gasteiger partial charge is 0.361 e. The lowest BCUT2D eigenvalue weighted by atomic mass is 10.3. The van der Waals surface area contributed by atoms with Gasteiger partial charge in [-0.25, -0.2) is 0 Å². The molecule has 0 saturated heterocycles. The van der Waals surface area contributed by atoms with E-state index >= 15 is 0 Å². The molecule has 0 atom stereocenters. The fraction of sp³-hybridized carbons (Fsp3) is 0.375. The van der Waals surface area contributed by atoms with Crippen LogP contribution in [-0.2, 0) is 7.05 Å². The van der Waals surface area contributed by atoms with E-state index in [-0.39, 0.29) is 0 Å². The van der Waals surface area contributed by atoms with Gasteiger partial charge < -0.3 is 9.84 Å². The van der Waals surface area contributed by atoms with Crippen molar-refractivity contribution in [2.45, 2.75) is 6.92 Å². The molecule has 74 valence electrons. The minimum absolute atomic E-state index is 0.686. The van der Waals surface area contributed by atoms with E-state index in [0.717, 1.165) is 5.76 Å². The summed E-state index contributed by atoms with van der Waals surface area (Å²) in [4.78, 5) is 0. The first kappa shape index (κ1) is 8.74. The van der Waals surface area contributed by atoms with Crippen LogP contribution < -0.4 is 5.32 Å². The number of nitrogens with zero attached hydrogens (tertiary/aromatic N) is 4. The van der Waals surface area contributed by atoms with Crippen LogP contribution in [0.25, 0.3) is 11.5 Å². The van der Waals surface area contributed by atoms with E-state index in [9.17, 15) is 0 Å². The standard InChI is InChI=1S/C8H11N5O/c1-5-4-6(12-14-5)7-10-11-8(9-2)13(7)3/h4H,1-3H3,(H,9,11). The van der Waals surface area contributed by atoms with Gasteiger partial charge in [-0.3, -0.25) is 4.57 Å². The van der Waals surface area contributed by atoms with Crippen LogP contribution in [0.1, 0.15) is 5.76 Å². The molecule has 0 bridgehead atoms. The summed E-state index contributed by atoms with van der Waals surface area (Å²) in [6.45, 7) is 1.84. The molecule has 2 heterocycles. The first-order valence-corrected chi connectivity index (χ1v) is 4.23. The van der Waals surface area contributed by atoms with E-state index in [2.05, 4.69) is 20.7 Å². The van der Waals surface area contributed by atoms with Crippen molar-refractivity contribution < 1.29 is 4.52 Å². The summed E-state index contributed by atoms with van der Waals surface area (Å²) in [5.74, 6) is 2.14. The highest BCUT2D eigenvalue weighted by Crippen LogP contribution is 2.18. The monoisotopic (exact) mass is 193 g/mol. The van der Waals surface area contributed by atoms with Gasteiger partial charge in [-0.2, -0.15) is 0 Å². The van der Waals surface area contributed by atoms with E-state index in [1.54, 1.807) is 7.05 Å². The maximum absolute atomic E-state index is 4.97. The Bertz CT molecular complexity index is 444. The van der Waals surface area contributed by atoms with Gasteiger partial charge in [-0.15, -0.1) is 10.2 Å². The Morgan fingerprint density at radius 3 is 2.71 bits per heavy atom. The Balaban J connectivity index is 2.46. The van der Waals surface area contributed by atoms with Crippen molar-refractivity contribution in [3.8, 4) is 11.5 Å². The normalized spacial score (nSPS) is 10.5. The molecule has 2 rings (SSSR count). The van der Waals surface area contributed by atoms with Gasteiger partial charge in [0.2, 0.25) is 5.95 Å². The summed E-state index contributed by atoms with van der Waals surface area (Å²) in [7, 11) is 3.66. The predicted molar refractivity (Wildman–Crippen MR) is 50.8 cm³/mol. The molecule has 0 aliphatic rings. The van der Waals surface area contributed by atoms with Gasteiger partial charge in [0.15, 0.2) is 11.5 Å². The van der Waals surface area contributed by atoms with Crippen LogP contribution in [0.4, 0.5) is 5.95 Å². The summed E-state index contributed by atoms with van der Waals surface area (Å²) in [6, 6.07) is 1.82. The molecule has 1 N–H and O–H groups in total. The quantitative estimate of drug-likeness (QED) is 0.764. The van der Waals surface area contributed by atoms with Crippen molar-refractivity contribution in [2.24, 2.45) is 7.05 Å². The molecule has 6 heteroatoms. The van der Waals surface area contributed by atoms with E-state index in [1.165, 1.54) is 0 Å². The number of hydrogen-bond donors (Lipinski definition) is 1. The van der Waals surface area contributed by atoms with E-state index in [0.29, 0.717) is 17.5 Å². The maximum Gasteiger partial charge on any atom is 0.224 e. The van der Waals surface area contributed by atoms with Crippen LogP contribution >= 0.6 is 0 Å². The Kier molecular flexibility index (Phi) is 1.95. The fourth-order valence-electron chi connectivity index (χ4n) is 1.24. The van der Waals surface area contributed by atoms with Crippen molar-refractivity contribution in [1.29, 1.82) is 0 Å². The molecule has 14 heavy (non-hydrogen) atoms. The molecule has 0 saturated carbocycles. The number of rotatable bonds is 2. The Morgan fingerprint density at radius 2 is 2.21 bits per heavy atom. The first-order valence-electron chi connectivity index (χ1n) is 4.23. The lowest BCUT2D eigenvalue weighted by Gasteiger charge is -1.98. The topological polar surface area (TPSA) is 68.8 Å². The Hall–Kier alpha value is -1.85. The predicted octanol–water partition coefficient (Wildman–Crippen LogP) is 0.820. The molecule has 0 amide bonds. The van der Waals surface area contributed by atoms with Crippen LogP contribution in [0.15, 0.2) is 10.6 Å². The lowest BCUT2D eigenvalue weighted by molar-refractivity contribution is 0.399. The molecule has 2 aromatic heterocycles. The van der Waals surface area contributed by atoms with Gasteiger partial charge in [-0.05, 0) is 6.92 Å². The summed E-state index contributed by atoms with van der Waals surface area (Å²) in [5.41, 5.74) is 0.694. The lowest BCUT2D eigenvalue weighted by Crippen LogP contribution is -1.99. The summed E-state index contributed by atoms with van der Waals surface area (Å²) >= 11 is 0. The SMILES string of the molecule is CNc1nnc(-c2cc(C)on2)n1C. The minimum Gasteiger partial charge on any atom is -0.361 e. The highest BCUT2D eigenvalue weighted by atomic mass is 16.5. The maximum atomic E-state index is 4.97. The first-order chi connectivity index (χ1) is 6.72. The summed E-state index contributed by atoms with van der Waals surface area (Å²) < 4.78 is 6.78. The van der Waals surface area contributed by atoms with E-state index in [1.807, 2.05) is 24.6 Å². The zero-order valence-electron chi connectivity index (χ0n) is 8.27. The zero-order valence-corrected chi connectivity index (χ0v) is 8.27. The second-order valence-electron chi connectivity index (χ2n) is 2.98. The Morgan fingerprint density at radius 1 is 1.43 bits per heavy atom. The van der Waals surface area contributed by atoms with Crippen LogP contribution in [0.2, 0.25) is 0 Å². The summed E-state index contributed by atoms with van der Waals surface area (Å²) in [5, 5.41) is 14.7. The highest BCUT2D eigenvalue weighted by Gasteiger charge is 2.12. The molecule has 0 aliphatic carbocycles. The van der Waals surface area contributed by atoms with Crippen molar-refractivity contribution in [3.05, 3.63) is 11.8 Å². The third kappa shape index (κ3) is 1.24. The van der Waals surface area contributed by atoms with E-state index in [4.69, 9.17) is 4.52 Å². The van der Waals surface area contributed by atoms with Gasteiger partial charge in [0.05, 0.1) is 0 Å². The smallest absolute Gasteiger partial charge is 0.224 e. The van der Waals surface area contributed by atoms with Crippen molar-refractivity contribution in [1.82, 2.24) is 19.9 Å².